The van der Waals surface area contributed by atoms with Crippen molar-refractivity contribution in [1.82, 2.24) is 5.16 Å². The van der Waals surface area contributed by atoms with Crippen molar-refractivity contribution in [2.24, 2.45) is 0 Å². The van der Waals surface area contributed by atoms with E-state index < -0.39 is 18.2 Å². The molecule has 2 atom stereocenters. The fourth-order valence-corrected chi connectivity index (χ4v) is 1.03. The summed E-state index contributed by atoms with van der Waals surface area (Å²) in [6, 6.07) is 1.36. The van der Waals surface area contributed by atoms with Gasteiger partial charge in [0.15, 0.2) is 0 Å². The number of hydrogen-bond acceptors (Lipinski definition) is 5. The molecule has 1 N–H and O–H groups in total. The topological polar surface area (TPSA) is 72.6 Å². The summed E-state index contributed by atoms with van der Waals surface area (Å²) in [7, 11) is 0. The van der Waals surface area contributed by atoms with Gasteiger partial charge < -0.3 is 14.4 Å². The van der Waals surface area contributed by atoms with Gasteiger partial charge in [0, 0.05) is 6.07 Å². The van der Waals surface area contributed by atoms with Crippen LogP contribution in [0.4, 0.5) is 4.39 Å². The van der Waals surface area contributed by atoms with Crippen LogP contribution in [0.1, 0.15) is 24.5 Å². The molecule has 0 aromatic carbocycles. The van der Waals surface area contributed by atoms with E-state index in [9.17, 15) is 14.3 Å². The fraction of sp³-hybridized carbons (Fsp3) is 0.556. The highest BCUT2D eigenvalue weighted by atomic mass is 19.1. The third-order valence-electron chi connectivity index (χ3n) is 1.74. The normalized spacial score (nSPS) is 14.7. The van der Waals surface area contributed by atoms with E-state index in [-0.39, 0.29) is 12.3 Å². The van der Waals surface area contributed by atoms with Gasteiger partial charge in [0.05, 0.1) is 6.61 Å². The Morgan fingerprint density at radius 2 is 2.47 bits per heavy atom. The molecule has 84 valence electrons. The summed E-state index contributed by atoms with van der Waals surface area (Å²) in [6.45, 7) is 3.21. The minimum atomic E-state index is -2.14. The number of aromatic nitrogens is 1. The third kappa shape index (κ3) is 2.76. The molecule has 0 fully saturated rings. The second kappa shape index (κ2) is 4.88. The lowest BCUT2D eigenvalue weighted by atomic mass is 10.1. The zero-order valence-corrected chi connectivity index (χ0v) is 8.44. The van der Waals surface area contributed by atoms with Crippen LogP contribution < -0.4 is 0 Å². The van der Waals surface area contributed by atoms with Crippen LogP contribution in [-0.4, -0.2) is 29.0 Å². The molecule has 15 heavy (non-hydrogen) atoms. The minimum Gasteiger partial charge on any atom is -0.464 e. The fourth-order valence-electron chi connectivity index (χ4n) is 1.03. The highest BCUT2D eigenvalue weighted by Gasteiger charge is 2.31. The van der Waals surface area contributed by atoms with Gasteiger partial charge in [0.25, 0.3) is 0 Å². The van der Waals surface area contributed by atoms with E-state index in [1.165, 1.54) is 6.07 Å². The Kier molecular flexibility index (Phi) is 3.79. The zero-order chi connectivity index (χ0) is 11.4. The molecular weight excluding hydrogens is 205 g/mol. The van der Waals surface area contributed by atoms with Crippen molar-refractivity contribution < 1.29 is 23.6 Å². The van der Waals surface area contributed by atoms with Crippen molar-refractivity contribution in [2.45, 2.75) is 26.1 Å². The average Bonchev–Trinajstić information content (AvgIpc) is 2.63. The molecule has 1 heterocycles. The summed E-state index contributed by atoms with van der Waals surface area (Å²) in [5.41, 5.74) is -0.0203. The summed E-state index contributed by atoms with van der Waals surface area (Å²) in [5.74, 6) is -0.675. The summed E-state index contributed by atoms with van der Waals surface area (Å²) in [6.07, 6.45) is -3.80. The van der Waals surface area contributed by atoms with Crippen molar-refractivity contribution in [1.29, 1.82) is 0 Å². The highest BCUT2D eigenvalue weighted by Crippen LogP contribution is 2.19. The van der Waals surface area contributed by atoms with Crippen molar-refractivity contribution in [3.8, 4) is 0 Å². The molecule has 5 nitrogen and oxygen atoms in total. The summed E-state index contributed by atoms with van der Waals surface area (Å²) in [4.78, 5) is 10.9. The van der Waals surface area contributed by atoms with Crippen molar-refractivity contribution in [3.05, 3.63) is 17.5 Å². The number of alkyl halides is 1. The molecule has 1 aromatic rings. The molecule has 1 rings (SSSR count). The lowest BCUT2D eigenvalue weighted by Crippen LogP contribution is -2.26. The molecule has 6 heteroatoms. The van der Waals surface area contributed by atoms with Gasteiger partial charge in [-0.1, -0.05) is 5.16 Å². The Bertz CT molecular complexity index is 339. The summed E-state index contributed by atoms with van der Waals surface area (Å²) in [5, 5.41) is 12.8. The lowest BCUT2D eigenvalue weighted by molar-refractivity contribution is -0.153. The number of ether oxygens (including phenoxy) is 1. The van der Waals surface area contributed by atoms with E-state index in [0.29, 0.717) is 5.76 Å². The SMILES string of the molecule is CCOC(=O)[C@@H](F)[C@H](O)c1cc(C)on1. The first-order chi connectivity index (χ1) is 7.06. The molecule has 0 saturated carbocycles. The number of aryl methyl sites for hydroxylation is 1. The summed E-state index contributed by atoms with van der Waals surface area (Å²) >= 11 is 0. The van der Waals surface area contributed by atoms with E-state index in [2.05, 4.69) is 14.4 Å². The van der Waals surface area contributed by atoms with Gasteiger partial charge in [-0.3, -0.25) is 0 Å². The Morgan fingerprint density at radius 3 is 2.93 bits per heavy atom. The number of rotatable bonds is 4. The van der Waals surface area contributed by atoms with Crippen LogP contribution in [0.15, 0.2) is 10.6 Å². The first-order valence-electron chi connectivity index (χ1n) is 4.48. The van der Waals surface area contributed by atoms with Crippen LogP contribution in [0.3, 0.4) is 0 Å². The van der Waals surface area contributed by atoms with Crippen LogP contribution in [0.2, 0.25) is 0 Å². The molecule has 0 aliphatic carbocycles. The molecule has 0 saturated heterocycles. The van der Waals surface area contributed by atoms with E-state index in [4.69, 9.17) is 0 Å². The molecule has 0 amide bonds. The molecule has 0 aliphatic heterocycles. The molecule has 1 aromatic heterocycles. The Morgan fingerprint density at radius 1 is 1.80 bits per heavy atom. The number of carbonyl (C=O) groups excluding carboxylic acids is 1. The van der Waals surface area contributed by atoms with Gasteiger partial charge in [-0.15, -0.1) is 0 Å². The number of halogens is 1. The maximum Gasteiger partial charge on any atom is 0.343 e. The first-order valence-corrected chi connectivity index (χ1v) is 4.48. The Hall–Kier alpha value is -1.43. The second-order valence-corrected chi connectivity index (χ2v) is 2.96. The van der Waals surface area contributed by atoms with E-state index in [1.54, 1.807) is 13.8 Å². The van der Waals surface area contributed by atoms with E-state index in [0.717, 1.165) is 0 Å². The third-order valence-corrected chi connectivity index (χ3v) is 1.74. The van der Waals surface area contributed by atoms with Crippen molar-refractivity contribution >= 4 is 5.97 Å². The average molecular weight is 217 g/mol. The maximum absolute atomic E-state index is 13.3. The van der Waals surface area contributed by atoms with Gasteiger partial charge >= 0.3 is 5.97 Å². The number of aliphatic hydroxyl groups excluding tert-OH is 1. The van der Waals surface area contributed by atoms with Gasteiger partial charge in [-0.05, 0) is 13.8 Å². The molecule has 0 bridgehead atoms. The number of aliphatic hydroxyl groups is 1. The monoisotopic (exact) mass is 217 g/mol. The minimum absolute atomic E-state index is 0.0203. The van der Waals surface area contributed by atoms with Crippen molar-refractivity contribution in [2.75, 3.05) is 6.61 Å². The number of hydrogen-bond donors (Lipinski definition) is 1. The Balaban J connectivity index is 2.67. The number of nitrogens with zero attached hydrogens (tertiary/aromatic N) is 1. The first kappa shape index (κ1) is 11.6. The number of carbonyl (C=O) groups is 1. The highest BCUT2D eigenvalue weighted by molar-refractivity contribution is 5.75. The smallest absolute Gasteiger partial charge is 0.343 e. The second-order valence-electron chi connectivity index (χ2n) is 2.96. The van der Waals surface area contributed by atoms with Crippen LogP contribution in [0.25, 0.3) is 0 Å². The van der Waals surface area contributed by atoms with Crippen molar-refractivity contribution in [3.63, 3.8) is 0 Å². The molecule has 0 aliphatic rings. The summed E-state index contributed by atoms with van der Waals surface area (Å²) < 4.78 is 22.3. The van der Waals surface area contributed by atoms with E-state index in [1.807, 2.05) is 0 Å². The van der Waals surface area contributed by atoms with Crippen LogP contribution >= 0.6 is 0 Å². The quantitative estimate of drug-likeness (QED) is 0.759. The number of esters is 1. The van der Waals surface area contributed by atoms with Crippen LogP contribution in [-0.2, 0) is 9.53 Å². The Labute approximate surface area is 85.8 Å². The van der Waals surface area contributed by atoms with Gasteiger partial charge in [-0.2, -0.15) is 0 Å². The molecule has 0 radical (unpaired) electrons. The van der Waals surface area contributed by atoms with Gasteiger partial charge in [0.2, 0.25) is 6.17 Å². The lowest BCUT2D eigenvalue weighted by Gasteiger charge is -2.11. The largest absolute Gasteiger partial charge is 0.464 e. The van der Waals surface area contributed by atoms with Gasteiger partial charge in [0.1, 0.15) is 17.6 Å². The maximum atomic E-state index is 13.3. The molecular formula is C9H12FNO4. The van der Waals surface area contributed by atoms with Crippen LogP contribution in [0.5, 0.6) is 0 Å². The predicted molar refractivity (Wildman–Crippen MR) is 47.7 cm³/mol. The van der Waals surface area contributed by atoms with E-state index >= 15 is 0 Å². The molecule has 0 spiro atoms. The zero-order valence-electron chi connectivity index (χ0n) is 8.44. The standard InChI is InChI=1S/C9H12FNO4/c1-3-14-9(13)7(10)8(12)6-4-5(2)15-11-6/h4,7-8,12H,3H2,1-2H3/t7-,8+/m0/s1. The van der Waals surface area contributed by atoms with Gasteiger partial charge in [-0.25, -0.2) is 9.18 Å². The predicted octanol–water partition coefficient (Wildman–Crippen LogP) is 0.918. The molecule has 0 unspecified atom stereocenters. The van der Waals surface area contributed by atoms with Crippen LogP contribution in [0, 0.1) is 6.92 Å².